The second-order valence-electron chi connectivity index (χ2n) is 8.47. The summed E-state index contributed by atoms with van der Waals surface area (Å²) in [7, 11) is 0. The van der Waals surface area contributed by atoms with Crippen molar-refractivity contribution in [2.75, 3.05) is 13.2 Å². The third kappa shape index (κ3) is 7.10. The number of nitrogens with one attached hydrogen (secondary N) is 3. The smallest absolute Gasteiger partial charge is 0.407 e. The minimum Gasteiger partial charge on any atom is -0.480 e. The Labute approximate surface area is 173 Å². The van der Waals surface area contributed by atoms with E-state index in [1.54, 1.807) is 0 Å². The highest BCUT2D eigenvalue weighted by Crippen LogP contribution is 2.42. The largest absolute Gasteiger partial charge is 0.480 e. The van der Waals surface area contributed by atoms with Gasteiger partial charge >= 0.3 is 12.1 Å². The lowest BCUT2D eigenvalue weighted by Crippen LogP contribution is -2.53. The van der Waals surface area contributed by atoms with E-state index in [1.807, 2.05) is 13.8 Å². The van der Waals surface area contributed by atoms with Gasteiger partial charge in [-0.1, -0.05) is 13.8 Å². The number of ether oxygens (including phenoxy) is 1. The number of aliphatic carboxylic acids is 1. The highest BCUT2D eigenvalue weighted by Gasteiger charge is 2.45. The van der Waals surface area contributed by atoms with Gasteiger partial charge in [-0.25, -0.2) is 18.4 Å². The number of rotatable bonds is 10. The molecule has 1 saturated heterocycles. The first kappa shape index (κ1) is 23.8. The van der Waals surface area contributed by atoms with Gasteiger partial charge in [-0.3, -0.25) is 9.59 Å². The Morgan fingerprint density at radius 3 is 2.40 bits per heavy atom. The summed E-state index contributed by atoms with van der Waals surface area (Å²) in [5.41, 5.74) is 0. The minimum atomic E-state index is -2.72. The molecule has 30 heavy (non-hydrogen) atoms. The minimum absolute atomic E-state index is 0.00439. The van der Waals surface area contributed by atoms with Crippen molar-refractivity contribution >= 4 is 23.9 Å². The topological polar surface area (TPSA) is 134 Å². The number of carboxylic acids is 1. The Morgan fingerprint density at radius 2 is 1.90 bits per heavy atom. The number of halogens is 2. The van der Waals surface area contributed by atoms with Crippen molar-refractivity contribution in [3.63, 3.8) is 0 Å². The first-order chi connectivity index (χ1) is 14.0. The van der Waals surface area contributed by atoms with Crippen molar-refractivity contribution in [3.8, 4) is 0 Å². The number of alkyl halides is 2. The van der Waals surface area contributed by atoms with Crippen molar-refractivity contribution in [2.45, 2.75) is 64.0 Å². The monoisotopic (exact) mass is 433 g/mol. The molecule has 11 heteroatoms. The van der Waals surface area contributed by atoms with Crippen LogP contribution in [0.3, 0.4) is 0 Å². The van der Waals surface area contributed by atoms with E-state index in [-0.39, 0.29) is 44.1 Å². The lowest BCUT2D eigenvalue weighted by atomic mass is 9.82. The van der Waals surface area contributed by atoms with Gasteiger partial charge < -0.3 is 25.8 Å². The molecule has 2 aliphatic rings. The average Bonchev–Trinajstić information content (AvgIpc) is 3.01. The molecule has 3 atom stereocenters. The number of hydrogen-bond donors (Lipinski definition) is 4. The van der Waals surface area contributed by atoms with Crippen LogP contribution in [0.1, 0.15) is 46.0 Å². The number of amides is 3. The van der Waals surface area contributed by atoms with Gasteiger partial charge in [0.25, 0.3) is 0 Å². The number of alkyl carbamates (subject to hydrolysis) is 1. The highest BCUT2D eigenvalue weighted by molar-refractivity contribution is 5.89. The quantitative estimate of drug-likeness (QED) is 0.410. The number of hydrogen-bond acceptors (Lipinski definition) is 5. The molecule has 170 valence electrons. The summed E-state index contributed by atoms with van der Waals surface area (Å²) >= 11 is 0. The molecule has 0 spiro atoms. The molecule has 2 fully saturated rings. The molecule has 0 bridgehead atoms. The Balaban J connectivity index is 1.89. The van der Waals surface area contributed by atoms with E-state index in [1.165, 1.54) is 0 Å². The standard InChI is InChI=1S/C19H29F2N3O6/c1-10(2)5-13(24-18(29)30-9-11-7-19(20,21)8-11)16(26)23-14(17(27)28)6-12-3-4-22-15(12)25/h10-14H,3-9H2,1-2H3,(H,22,25)(H,23,26)(H,24,29)(H,27,28). The normalized spacial score (nSPS) is 22.6. The van der Waals surface area contributed by atoms with Gasteiger partial charge in [-0.15, -0.1) is 0 Å². The Bertz CT molecular complexity index is 665. The van der Waals surface area contributed by atoms with Gasteiger partial charge in [-0.2, -0.15) is 0 Å². The summed E-state index contributed by atoms with van der Waals surface area (Å²) in [4.78, 5) is 47.9. The van der Waals surface area contributed by atoms with Gasteiger partial charge in [0, 0.05) is 31.2 Å². The molecule has 1 aliphatic carbocycles. The van der Waals surface area contributed by atoms with Crippen molar-refractivity contribution in [1.82, 2.24) is 16.0 Å². The lowest BCUT2D eigenvalue weighted by molar-refractivity contribution is -0.143. The SMILES string of the molecule is CC(C)CC(NC(=O)OCC1CC(F)(F)C1)C(=O)NC(CC1CCNC1=O)C(=O)O. The summed E-state index contributed by atoms with van der Waals surface area (Å²) in [6.07, 6.45) is -0.955. The van der Waals surface area contributed by atoms with E-state index in [0.717, 1.165) is 0 Å². The van der Waals surface area contributed by atoms with E-state index < -0.39 is 47.8 Å². The summed E-state index contributed by atoms with van der Waals surface area (Å²) in [6, 6.07) is -2.34. The first-order valence-electron chi connectivity index (χ1n) is 10.1. The molecule has 9 nitrogen and oxygen atoms in total. The second-order valence-corrected chi connectivity index (χ2v) is 8.47. The molecule has 3 amide bonds. The maximum atomic E-state index is 12.8. The van der Waals surface area contributed by atoms with Gasteiger partial charge in [0.05, 0.1) is 6.61 Å². The van der Waals surface area contributed by atoms with Crippen LogP contribution in [-0.4, -0.2) is 60.1 Å². The molecule has 1 saturated carbocycles. The summed E-state index contributed by atoms with van der Waals surface area (Å²) < 4.78 is 30.6. The van der Waals surface area contributed by atoms with E-state index in [0.29, 0.717) is 13.0 Å². The molecule has 0 radical (unpaired) electrons. The van der Waals surface area contributed by atoms with Gasteiger partial charge in [0.1, 0.15) is 12.1 Å². The number of carbonyl (C=O) groups excluding carboxylic acids is 3. The molecule has 0 aromatic rings. The number of carboxylic acid groups (broad SMARTS) is 1. The van der Waals surface area contributed by atoms with Crippen LogP contribution in [-0.2, 0) is 19.1 Å². The second kappa shape index (κ2) is 10.0. The third-order valence-corrected chi connectivity index (χ3v) is 5.24. The zero-order valence-corrected chi connectivity index (χ0v) is 17.1. The molecule has 1 aliphatic heterocycles. The van der Waals surface area contributed by atoms with Crippen molar-refractivity contribution < 1.29 is 37.8 Å². The lowest BCUT2D eigenvalue weighted by Gasteiger charge is -2.34. The van der Waals surface area contributed by atoms with E-state index >= 15 is 0 Å². The summed E-state index contributed by atoms with van der Waals surface area (Å²) in [6.45, 7) is 3.93. The van der Waals surface area contributed by atoms with Crippen LogP contribution in [0.5, 0.6) is 0 Å². The van der Waals surface area contributed by atoms with Crippen LogP contribution in [0.15, 0.2) is 0 Å². The van der Waals surface area contributed by atoms with Gasteiger partial charge in [0.15, 0.2) is 0 Å². The van der Waals surface area contributed by atoms with Crippen LogP contribution in [0.25, 0.3) is 0 Å². The van der Waals surface area contributed by atoms with E-state index in [4.69, 9.17) is 4.74 Å². The van der Waals surface area contributed by atoms with Crippen molar-refractivity contribution in [2.24, 2.45) is 17.8 Å². The Hall–Kier alpha value is -2.46. The van der Waals surface area contributed by atoms with Crippen LogP contribution < -0.4 is 16.0 Å². The van der Waals surface area contributed by atoms with E-state index in [2.05, 4.69) is 16.0 Å². The molecule has 1 heterocycles. The fourth-order valence-electron chi connectivity index (χ4n) is 3.63. The van der Waals surface area contributed by atoms with E-state index in [9.17, 15) is 33.1 Å². The van der Waals surface area contributed by atoms with Crippen LogP contribution in [0, 0.1) is 17.8 Å². The molecular weight excluding hydrogens is 404 g/mol. The third-order valence-electron chi connectivity index (χ3n) is 5.24. The highest BCUT2D eigenvalue weighted by atomic mass is 19.3. The first-order valence-corrected chi connectivity index (χ1v) is 10.1. The molecule has 0 aromatic heterocycles. The summed E-state index contributed by atoms with van der Waals surface area (Å²) in [5, 5.41) is 16.8. The Kier molecular flexibility index (Phi) is 7.96. The van der Waals surface area contributed by atoms with Crippen LogP contribution >= 0.6 is 0 Å². The van der Waals surface area contributed by atoms with Crippen LogP contribution in [0.2, 0.25) is 0 Å². The summed E-state index contributed by atoms with van der Waals surface area (Å²) in [5.74, 6) is -5.88. The number of carbonyl (C=O) groups is 4. The predicted molar refractivity (Wildman–Crippen MR) is 101 cm³/mol. The fraction of sp³-hybridized carbons (Fsp3) is 0.789. The zero-order valence-electron chi connectivity index (χ0n) is 17.1. The maximum absolute atomic E-state index is 12.8. The zero-order chi connectivity index (χ0) is 22.5. The van der Waals surface area contributed by atoms with Gasteiger partial charge in [-0.05, 0) is 25.2 Å². The van der Waals surface area contributed by atoms with Crippen LogP contribution in [0.4, 0.5) is 13.6 Å². The molecular formula is C19H29F2N3O6. The Morgan fingerprint density at radius 1 is 1.23 bits per heavy atom. The molecule has 0 aromatic carbocycles. The van der Waals surface area contributed by atoms with Crippen molar-refractivity contribution in [1.29, 1.82) is 0 Å². The molecule has 3 unspecified atom stereocenters. The molecule has 2 rings (SSSR count). The molecule has 4 N–H and O–H groups in total. The fourth-order valence-corrected chi connectivity index (χ4v) is 3.63. The predicted octanol–water partition coefficient (Wildman–Crippen LogP) is 1.27. The van der Waals surface area contributed by atoms with Gasteiger partial charge in [0.2, 0.25) is 17.7 Å². The average molecular weight is 433 g/mol. The van der Waals surface area contributed by atoms with Crippen molar-refractivity contribution in [3.05, 3.63) is 0 Å². The maximum Gasteiger partial charge on any atom is 0.407 e.